The van der Waals surface area contributed by atoms with E-state index in [0.29, 0.717) is 12.8 Å². The average Bonchev–Trinajstić information content (AvgIpc) is 1.97. The highest BCUT2D eigenvalue weighted by Crippen LogP contribution is 2.04. The summed E-state index contributed by atoms with van der Waals surface area (Å²) in [5.41, 5.74) is 7.97. The number of aliphatic carboxylic acids is 1. The summed E-state index contributed by atoms with van der Waals surface area (Å²) in [5.74, 6) is -1.07. The molecule has 0 radical (unpaired) electrons. The normalized spacial score (nSPS) is 11.7. The van der Waals surface area contributed by atoms with E-state index in [1.165, 1.54) is 0 Å². The third-order valence-corrected chi connectivity index (χ3v) is 1.65. The minimum Gasteiger partial charge on any atom is -0.481 e. The Labute approximate surface area is 72.2 Å². The molecule has 0 rings (SSSR count). The van der Waals surface area contributed by atoms with Crippen LogP contribution in [-0.2, 0) is 4.79 Å². The topological polar surface area (TPSA) is 86.1 Å². The molecule has 0 heterocycles. The first-order valence-corrected chi connectivity index (χ1v) is 4.17. The van der Waals surface area contributed by atoms with Crippen molar-refractivity contribution in [3.8, 4) is 0 Å². The van der Waals surface area contributed by atoms with Gasteiger partial charge < -0.3 is 5.11 Å². The van der Waals surface area contributed by atoms with Gasteiger partial charge in [-0.1, -0.05) is 21.0 Å². The molecule has 11 heavy (non-hydrogen) atoms. The van der Waals surface area contributed by atoms with Gasteiger partial charge in [0.1, 0.15) is 6.04 Å². The number of hydrogen-bond acceptors (Lipinski definition) is 2. The highest BCUT2D eigenvalue weighted by Gasteiger charge is 2.13. The van der Waals surface area contributed by atoms with Crippen molar-refractivity contribution in [1.29, 1.82) is 0 Å². The number of halogens is 1. The molecule has 0 amide bonds. The van der Waals surface area contributed by atoms with Gasteiger partial charge in [-0.3, -0.25) is 4.79 Å². The smallest absolute Gasteiger partial charge is 0.312 e. The Morgan fingerprint density at radius 1 is 1.82 bits per heavy atom. The monoisotopic (exact) mass is 221 g/mol. The number of carboxylic acid groups (broad SMARTS) is 1. The van der Waals surface area contributed by atoms with Crippen LogP contribution < -0.4 is 0 Å². The molecular formula is C5H8BrN3O2. The van der Waals surface area contributed by atoms with Crippen molar-refractivity contribution in [2.24, 2.45) is 5.11 Å². The minimum atomic E-state index is -1.07. The Balaban J connectivity index is 3.89. The van der Waals surface area contributed by atoms with Gasteiger partial charge in [0.2, 0.25) is 0 Å². The number of hydrogen-bond donors (Lipinski definition) is 1. The lowest BCUT2D eigenvalue weighted by Gasteiger charge is -2.01. The molecule has 0 aromatic carbocycles. The van der Waals surface area contributed by atoms with Crippen LogP contribution in [-0.4, -0.2) is 22.4 Å². The maximum Gasteiger partial charge on any atom is 0.312 e. The van der Waals surface area contributed by atoms with Crippen molar-refractivity contribution in [2.75, 3.05) is 5.33 Å². The Hall–Kier alpha value is -0.740. The molecule has 0 unspecified atom stereocenters. The summed E-state index contributed by atoms with van der Waals surface area (Å²) in [5, 5.41) is 12.3. The number of azide groups is 1. The standard InChI is InChI=1S/C5H8BrN3O2/c6-3-1-2-4(5(10)11)8-9-7/h4H,1-3H2,(H,10,11)/t4-/m0/s1. The van der Waals surface area contributed by atoms with E-state index < -0.39 is 12.0 Å². The van der Waals surface area contributed by atoms with E-state index in [9.17, 15) is 4.79 Å². The largest absolute Gasteiger partial charge is 0.481 e. The molecule has 0 aliphatic rings. The van der Waals surface area contributed by atoms with Crippen molar-refractivity contribution >= 4 is 21.9 Å². The molecule has 0 saturated carbocycles. The molecule has 0 aliphatic carbocycles. The van der Waals surface area contributed by atoms with E-state index in [2.05, 4.69) is 26.0 Å². The zero-order chi connectivity index (χ0) is 8.69. The summed E-state index contributed by atoms with van der Waals surface area (Å²) in [6, 6.07) is -0.919. The first-order chi connectivity index (χ1) is 5.22. The van der Waals surface area contributed by atoms with Crippen LogP contribution >= 0.6 is 15.9 Å². The van der Waals surface area contributed by atoms with Crippen LogP contribution in [0.4, 0.5) is 0 Å². The van der Waals surface area contributed by atoms with Crippen LogP contribution in [0.15, 0.2) is 5.11 Å². The molecule has 0 aromatic rings. The summed E-state index contributed by atoms with van der Waals surface area (Å²) in [6.45, 7) is 0. The van der Waals surface area contributed by atoms with Crippen molar-refractivity contribution < 1.29 is 9.90 Å². The van der Waals surface area contributed by atoms with Gasteiger partial charge in [0.05, 0.1) is 0 Å². The van der Waals surface area contributed by atoms with Crippen molar-refractivity contribution in [2.45, 2.75) is 18.9 Å². The molecule has 1 atom stereocenters. The van der Waals surface area contributed by atoms with Crippen LogP contribution in [0, 0.1) is 0 Å². The lowest BCUT2D eigenvalue weighted by molar-refractivity contribution is -0.138. The number of alkyl halides is 1. The SMILES string of the molecule is [N-]=[N+]=N[C@@H](CCCBr)C(=O)O. The molecule has 0 bridgehead atoms. The zero-order valence-electron chi connectivity index (χ0n) is 5.77. The molecule has 0 fully saturated rings. The third-order valence-electron chi connectivity index (χ3n) is 1.09. The lowest BCUT2D eigenvalue weighted by atomic mass is 10.2. The van der Waals surface area contributed by atoms with E-state index >= 15 is 0 Å². The summed E-state index contributed by atoms with van der Waals surface area (Å²) >= 11 is 3.15. The van der Waals surface area contributed by atoms with E-state index in [-0.39, 0.29) is 0 Å². The second-order valence-electron chi connectivity index (χ2n) is 1.89. The number of nitrogens with zero attached hydrogens (tertiary/aromatic N) is 3. The van der Waals surface area contributed by atoms with Gasteiger partial charge in [0.15, 0.2) is 0 Å². The van der Waals surface area contributed by atoms with Crippen LogP contribution in [0.5, 0.6) is 0 Å². The van der Waals surface area contributed by atoms with Crippen LogP contribution in [0.2, 0.25) is 0 Å². The van der Waals surface area contributed by atoms with Crippen LogP contribution in [0.25, 0.3) is 10.4 Å². The van der Waals surface area contributed by atoms with Crippen LogP contribution in [0.1, 0.15) is 12.8 Å². The number of carbonyl (C=O) groups is 1. The number of rotatable bonds is 5. The lowest BCUT2D eigenvalue weighted by Crippen LogP contribution is -2.16. The fraction of sp³-hybridized carbons (Fsp3) is 0.800. The molecule has 0 spiro atoms. The maximum absolute atomic E-state index is 10.3. The van der Waals surface area contributed by atoms with E-state index in [1.54, 1.807) is 0 Å². The molecule has 6 heteroatoms. The zero-order valence-corrected chi connectivity index (χ0v) is 7.36. The molecule has 0 aliphatic heterocycles. The predicted octanol–water partition coefficient (Wildman–Crippen LogP) is 1.93. The van der Waals surface area contributed by atoms with Gasteiger partial charge in [-0.15, -0.1) is 0 Å². The molecule has 0 aromatic heterocycles. The summed E-state index contributed by atoms with van der Waals surface area (Å²) in [4.78, 5) is 12.8. The summed E-state index contributed by atoms with van der Waals surface area (Å²) in [6.07, 6.45) is 1.07. The minimum absolute atomic E-state index is 0.380. The molecule has 62 valence electrons. The van der Waals surface area contributed by atoms with Crippen molar-refractivity contribution in [1.82, 2.24) is 0 Å². The third kappa shape index (κ3) is 4.64. The average molecular weight is 222 g/mol. The van der Waals surface area contributed by atoms with Gasteiger partial charge in [0.25, 0.3) is 0 Å². The highest BCUT2D eigenvalue weighted by atomic mass is 79.9. The van der Waals surface area contributed by atoms with E-state index in [4.69, 9.17) is 10.6 Å². The van der Waals surface area contributed by atoms with Gasteiger partial charge in [-0.25, -0.2) is 0 Å². The van der Waals surface area contributed by atoms with Gasteiger partial charge in [-0.2, -0.15) is 0 Å². The number of carboxylic acids is 1. The molecule has 1 N–H and O–H groups in total. The fourth-order valence-corrected chi connectivity index (χ4v) is 0.887. The fourth-order valence-electron chi connectivity index (χ4n) is 0.563. The predicted molar refractivity (Wildman–Crippen MR) is 43.6 cm³/mol. The second-order valence-corrected chi connectivity index (χ2v) is 2.68. The highest BCUT2D eigenvalue weighted by molar-refractivity contribution is 9.09. The maximum atomic E-state index is 10.3. The first-order valence-electron chi connectivity index (χ1n) is 3.05. The van der Waals surface area contributed by atoms with E-state index in [1.807, 2.05) is 0 Å². The quantitative estimate of drug-likeness (QED) is 0.333. The van der Waals surface area contributed by atoms with Crippen molar-refractivity contribution in [3.63, 3.8) is 0 Å². The Bertz CT molecular complexity index is 177. The summed E-state index contributed by atoms with van der Waals surface area (Å²) in [7, 11) is 0. The summed E-state index contributed by atoms with van der Waals surface area (Å²) < 4.78 is 0. The molecular weight excluding hydrogens is 214 g/mol. The first kappa shape index (κ1) is 10.3. The van der Waals surface area contributed by atoms with Gasteiger partial charge >= 0.3 is 5.97 Å². The van der Waals surface area contributed by atoms with E-state index in [0.717, 1.165) is 5.33 Å². The van der Waals surface area contributed by atoms with Gasteiger partial charge in [-0.05, 0) is 18.4 Å². The van der Waals surface area contributed by atoms with Crippen LogP contribution in [0.3, 0.4) is 0 Å². The van der Waals surface area contributed by atoms with Gasteiger partial charge in [0, 0.05) is 10.2 Å². The molecule has 0 saturated heterocycles. The second kappa shape index (κ2) is 6.00. The molecule has 5 nitrogen and oxygen atoms in total. The Morgan fingerprint density at radius 2 is 2.45 bits per heavy atom. The Morgan fingerprint density at radius 3 is 2.82 bits per heavy atom. The van der Waals surface area contributed by atoms with Crippen molar-refractivity contribution in [3.05, 3.63) is 10.4 Å². The Kier molecular flexibility index (Phi) is 5.60.